The smallest absolute Gasteiger partial charge is 0.339 e. The Morgan fingerprint density at radius 3 is 2.25 bits per heavy atom. The Bertz CT molecular complexity index is 1190. The molecule has 0 aliphatic rings. The van der Waals surface area contributed by atoms with E-state index in [0.29, 0.717) is 40.1 Å². The van der Waals surface area contributed by atoms with Gasteiger partial charge in [-0.05, 0) is 53.9 Å². The van der Waals surface area contributed by atoms with E-state index in [-0.39, 0.29) is 11.3 Å². The van der Waals surface area contributed by atoms with Crippen LogP contribution in [-0.2, 0) is 4.74 Å². The van der Waals surface area contributed by atoms with Crippen molar-refractivity contribution in [2.45, 2.75) is 45.1 Å². The van der Waals surface area contributed by atoms with Gasteiger partial charge in [0.05, 0.1) is 32.6 Å². The SMILES string of the molecule is CCCCCCC(OC(=O)c1cc(OC)c(OC)c(OC)c1)c1ccc2c(NO)ccc(N=O)c2c1. The summed E-state index contributed by atoms with van der Waals surface area (Å²) in [5.74, 6) is 0.526. The van der Waals surface area contributed by atoms with Gasteiger partial charge in [-0.1, -0.05) is 38.3 Å². The van der Waals surface area contributed by atoms with Gasteiger partial charge in [-0.3, -0.25) is 10.7 Å². The number of esters is 1. The third-order valence-electron chi connectivity index (χ3n) is 6.08. The number of unbranched alkanes of at least 4 members (excludes halogenated alkanes) is 3. The quantitative estimate of drug-likeness (QED) is 0.113. The monoisotopic (exact) mass is 496 g/mol. The fourth-order valence-electron chi connectivity index (χ4n) is 4.17. The lowest BCUT2D eigenvalue weighted by atomic mass is 9.97. The molecule has 0 aromatic heterocycles. The predicted molar refractivity (Wildman–Crippen MR) is 138 cm³/mol. The summed E-state index contributed by atoms with van der Waals surface area (Å²) in [5, 5.41) is 13.7. The van der Waals surface area contributed by atoms with Crippen LogP contribution in [-0.4, -0.2) is 32.5 Å². The normalized spacial score (nSPS) is 11.6. The summed E-state index contributed by atoms with van der Waals surface area (Å²) in [4.78, 5) is 24.7. The summed E-state index contributed by atoms with van der Waals surface area (Å²) in [7, 11) is 4.45. The minimum atomic E-state index is -0.567. The van der Waals surface area contributed by atoms with Gasteiger partial charge in [-0.15, -0.1) is 4.91 Å². The van der Waals surface area contributed by atoms with Crippen LogP contribution in [0.1, 0.15) is 61.1 Å². The molecule has 36 heavy (non-hydrogen) atoms. The number of hydrogen-bond acceptors (Lipinski definition) is 9. The van der Waals surface area contributed by atoms with Crippen LogP contribution in [0.4, 0.5) is 11.4 Å². The number of anilines is 1. The Labute approximate surface area is 210 Å². The van der Waals surface area contributed by atoms with E-state index in [1.54, 1.807) is 30.3 Å². The van der Waals surface area contributed by atoms with Crippen molar-refractivity contribution in [2.75, 3.05) is 26.8 Å². The van der Waals surface area contributed by atoms with Gasteiger partial charge >= 0.3 is 5.97 Å². The minimum absolute atomic E-state index is 0.228. The van der Waals surface area contributed by atoms with Gasteiger partial charge in [-0.2, -0.15) is 0 Å². The van der Waals surface area contributed by atoms with Crippen molar-refractivity contribution in [2.24, 2.45) is 5.18 Å². The first-order valence-electron chi connectivity index (χ1n) is 11.8. The molecule has 0 aliphatic carbocycles. The average molecular weight is 497 g/mol. The molecular weight excluding hydrogens is 464 g/mol. The highest BCUT2D eigenvalue weighted by atomic mass is 16.5. The average Bonchev–Trinajstić information content (AvgIpc) is 2.92. The number of hydrogen-bond donors (Lipinski definition) is 2. The highest BCUT2D eigenvalue weighted by Crippen LogP contribution is 2.39. The first kappa shape index (κ1) is 26.7. The number of benzene rings is 3. The maximum Gasteiger partial charge on any atom is 0.339 e. The molecule has 0 aliphatic heterocycles. The van der Waals surface area contributed by atoms with Crippen LogP contribution in [0.25, 0.3) is 10.8 Å². The van der Waals surface area contributed by atoms with Crippen LogP contribution >= 0.6 is 0 Å². The Morgan fingerprint density at radius 1 is 0.944 bits per heavy atom. The van der Waals surface area contributed by atoms with E-state index in [1.807, 2.05) is 6.07 Å². The van der Waals surface area contributed by atoms with Gasteiger partial charge < -0.3 is 18.9 Å². The minimum Gasteiger partial charge on any atom is -0.493 e. The van der Waals surface area contributed by atoms with Crippen LogP contribution in [0, 0.1) is 4.91 Å². The molecule has 0 amide bonds. The van der Waals surface area contributed by atoms with Crippen molar-refractivity contribution in [3.8, 4) is 17.2 Å². The van der Waals surface area contributed by atoms with Crippen molar-refractivity contribution < 1.29 is 28.9 Å². The second-order valence-electron chi connectivity index (χ2n) is 8.30. The Morgan fingerprint density at radius 2 is 1.67 bits per heavy atom. The fourth-order valence-corrected chi connectivity index (χ4v) is 4.17. The molecule has 3 aromatic carbocycles. The Hall–Kier alpha value is -3.85. The van der Waals surface area contributed by atoms with Crippen molar-refractivity contribution in [3.63, 3.8) is 0 Å². The molecule has 0 saturated heterocycles. The molecule has 192 valence electrons. The van der Waals surface area contributed by atoms with Crippen LogP contribution in [0.15, 0.2) is 47.6 Å². The van der Waals surface area contributed by atoms with Crippen molar-refractivity contribution in [3.05, 3.63) is 58.5 Å². The molecule has 3 rings (SSSR count). The lowest BCUT2D eigenvalue weighted by molar-refractivity contribution is 0.0270. The van der Waals surface area contributed by atoms with E-state index in [4.69, 9.17) is 18.9 Å². The number of ether oxygens (including phenoxy) is 4. The first-order valence-corrected chi connectivity index (χ1v) is 11.8. The number of nitroso groups, excluding NO2 is 1. The summed E-state index contributed by atoms with van der Waals surface area (Å²) in [5.41, 5.74) is 3.79. The number of rotatable bonds is 13. The molecule has 1 atom stereocenters. The van der Waals surface area contributed by atoms with Crippen molar-refractivity contribution in [1.29, 1.82) is 0 Å². The summed E-state index contributed by atoms with van der Waals surface area (Å²) in [6.07, 6.45) is 4.05. The molecule has 0 heterocycles. The lowest BCUT2D eigenvalue weighted by Crippen LogP contribution is -2.13. The topological polar surface area (TPSA) is 116 Å². The largest absolute Gasteiger partial charge is 0.493 e. The van der Waals surface area contributed by atoms with Gasteiger partial charge in [-0.25, -0.2) is 4.79 Å². The standard InChI is InChI=1S/C27H32N2O7/c1-5-6-7-8-9-23(17-10-11-19-20(14-17)22(29-32)13-12-21(19)28-31)36-27(30)18-15-24(33-2)26(35-4)25(16-18)34-3/h10-16,23,28,31H,5-9H2,1-4H3. The number of nitrogens with zero attached hydrogens (tertiary/aromatic N) is 1. The van der Waals surface area contributed by atoms with Crippen molar-refractivity contribution in [1.82, 2.24) is 0 Å². The molecular formula is C27H32N2O7. The zero-order valence-corrected chi connectivity index (χ0v) is 21.0. The van der Waals surface area contributed by atoms with Crippen LogP contribution in [0.2, 0.25) is 0 Å². The Kier molecular flexibility index (Phi) is 9.46. The van der Waals surface area contributed by atoms with Gasteiger partial charge in [0.1, 0.15) is 11.8 Å². The molecule has 0 spiro atoms. The summed E-state index contributed by atoms with van der Waals surface area (Å²) in [6.45, 7) is 2.13. The first-order chi connectivity index (χ1) is 17.5. The number of carbonyl (C=O) groups is 1. The second-order valence-corrected chi connectivity index (χ2v) is 8.30. The summed E-state index contributed by atoms with van der Waals surface area (Å²) < 4.78 is 22.1. The third kappa shape index (κ3) is 5.85. The molecule has 2 N–H and O–H groups in total. The van der Waals surface area contributed by atoms with Crippen LogP contribution in [0.3, 0.4) is 0 Å². The van der Waals surface area contributed by atoms with Gasteiger partial charge in [0, 0.05) is 10.8 Å². The zero-order chi connectivity index (χ0) is 26.1. The molecule has 1 unspecified atom stereocenters. The van der Waals surface area contributed by atoms with Gasteiger partial charge in [0.25, 0.3) is 0 Å². The highest BCUT2D eigenvalue weighted by molar-refractivity contribution is 6.01. The van der Waals surface area contributed by atoms with Crippen LogP contribution < -0.4 is 19.7 Å². The lowest BCUT2D eigenvalue weighted by Gasteiger charge is -2.20. The number of nitrogens with one attached hydrogen (secondary N) is 1. The van der Waals surface area contributed by atoms with E-state index >= 15 is 0 Å². The van der Waals surface area contributed by atoms with E-state index in [1.165, 1.54) is 27.4 Å². The zero-order valence-electron chi connectivity index (χ0n) is 21.0. The number of carbonyl (C=O) groups excluding carboxylic acids is 1. The number of methoxy groups -OCH3 is 3. The van der Waals surface area contributed by atoms with Crippen molar-refractivity contribution >= 4 is 28.1 Å². The molecule has 0 saturated carbocycles. The third-order valence-corrected chi connectivity index (χ3v) is 6.08. The number of fused-ring (bicyclic) bond motifs is 1. The molecule has 0 radical (unpaired) electrons. The van der Waals surface area contributed by atoms with E-state index in [2.05, 4.69) is 17.6 Å². The molecule has 9 nitrogen and oxygen atoms in total. The molecule has 0 fully saturated rings. The predicted octanol–water partition coefficient (Wildman–Crippen LogP) is 6.93. The molecule has 9 heteroatoms. The van der Waals surface area contributed by atoms with Gasteiger partial charge in [0.2, 0.25) is 5.75 Å². The highest BCUT2D eigenvalue weighted by Gasteiger charge is 2.23. The van der Waals surface area contributed by atoms with E-state index in [9.17, 15) is 14.9 Å². The van der Waals surface area contributed by atoms with E-state index in [0.717, 1.165) is 31.2 Å². The van der Waals surface area contributed by atoms with Gasteiger partial charge in [0.15, 0.2) is 11.5 Å². The maximum absolute atomic E-state index is 13.3. The second kappa shape index (κ2) is 12.7. The van der Waals surface area contributed by atoms with Crippen LogP contribution in [0.5, 0.6) is 17.2 Å². The molecule has 0 bridgehead atoms. The fraction of sp³-hybridized carbons (Fsp3) is 0.370. The summed E-state index contributed by atoms with van der Waals surface area (Å²) >= 11 is 0. The van der Waals surface area contributed by atoms with E-state index < -0.39 is 12.1 Å². The summed E-state index contributed by atoms with van der Waals surface area (Å²) in [6, 6.07) is 11.6. The molecule has 3 aromatic rings. The maximum atomic E-state index is 13.3. The Balaban J connectivity index is 1.99.